The molecule has 0 spiro atoms. The number of imidazole rings is 1. The third-order valence-electron chi connectivity index (χ3n) is 5.03. The fourth-order valence-electron chi connectivity index (χ4n) is 3.68. The number of nitrogens with zero attached hydrogens (tertiary/aromatic N) is 4. The second-order valence-electron chi connectivity index (χ2n) is 7.67. The van der Waals surface area contributed by atoms with E-state index in [1.54, 1.807) is 16.7 Å². The van der Waals surface area contributed by atoms with Crippen LogP contribution in [0.5, 0.6) is 5.75 Å². The quantitative estimate of drug-likeness (QED) is 0.458. The summed E-state index contributed by atoms with van der Waals surface area (Å²) >= 11 is 5.98. The van der Waals surface area contributed by atoms with Crippen LogP contribution in [-0.2, 0) is 6.54 Å². The molecule has 2 heterocycles. The SMILES string of the molecule is C[C@@H](CN1CCC(Nc2ccc(OC(F)(F)F)cc2)CC1)Cn1cc([N+](=O)[O-])nc1Cl. The largest absolute Gasteiger partial charge is 0.573 e. The summed E-state index contributed by atoms with van der Waals surface area (Å²) < 4.78 is 42.2. The van der Waals surface area contributed by atoms with E-state index < -0.39 is 11.3 Å². The summed E-state index contributed by atoms with van der Waals surface area (Å²) in [6, 6.07) is 5.95. The summed E-state index contributed by atoms with van der Waals surface area (Å²) in [4.78, 5) is 16.3. The van der Waals surface area contributed by atoms with Crippen LogP contribution in [0.3, 0.4) is 0 Å². The minimum Gasteiger partial charge on any atom is -0.406 e. The molecule has 170 valence electrons. The van der Waals surface area contributed by atoms with E-state index in [1.807, 2.05) is 0 Å². The number of likely N-dealkylation sites (tertiary alicyclic amines) is 1. The molecule has 1 aliphatic rings. The van der Waals surface area contributed by atoms with Crippen molar-refractivity contribution in [1.82, 2.24) is 14.5 Å². The van der Waals surface area contributed by atoms with Crippen molar-refractivity contribution in [2.75, 3.05) is 25.0 Å². The molecule has 0 saturated carbocycles. The number of nitrogens with one attached hydrogen (secondary N) is 1. The number of hydrogen-bond acceptors (Lipinski definition) is 6. The molecule has 1 atom stereocenters. The number of benzene rings is 1. The Hall–Kier alpha value is -2.53. The summed E-state index contributed by atoms with van der Waals surface area (Å²) in [6.45, 7) is 5.14. The Balaban J connectivity index is 1.42. The average Bonchev–Trinajstić information content (AvgIpc) is 3.04. The van der Waals surface area contributed by atoms with E-state index in [1.165, 1.54) is 18.3 Å². The second-order valence-corrected chi connectivity index (χ2v) is 8.01. The van der Waals surface area contributed by atoms with Crippen LogP contribution in [0.25, 0.3) is 0 Å². The monoisotopic (exact) mass is 461 g/mol. The highest BCUT2D eigenvalue weighted by Gasteiger charge is 2.31. The minimum atomic E-state index is -4.70. The molecule has 1 saturated heterocycles. The molecule has 1 fully saturated rings. The smallest absolute Gasteiger partial charge is 0.406 e. The lowest BCUT2D eigenvalue weighted by Crippen LogP contribution is -2.41. The zero-order valence-corrected chi connectivity index (χ0v) is 17.6. The Kier molecular flexibility index (Phi) is 7.26. The van der Waals surface area contributed by atoms with Gasteiger partial charge in [-0.15, -0.1) is 13.2 Å². The third kappa shape index (κ3) is 7.00. The molecule has 1 aliphatic heterocycles. The van der Waals surface area contributed by atoms with Crippen LogP contribution in [0.15, 0.2) is 30.5 Å². The highest BCUT2D eigenvalue weighted by atomic mass is 35.5. The number of aromatic nitrogens is 2. The number of alkyl halides is 3. The van der Waals surface area contributed by atoms with Gasteiger partial charge in [0.2, 0.25) is 0 Å². The van der Waals surface area contributed by atoms with Crippen molar-refractivity contribution in [1.29, 1.82) is 0 Å². The molecule has 31 heavy (non-hydrogen) atoms. The number of piperidine rings is 1. The first-order valence-electron chi connectivity index (χ1n) is 9.81. The van der Waals surface area contributed by atoms with Crippen LogP contribution in [0.2, 0.25) is 5.28 Å². The number of rotatable bonds is 8. The van der Waals surface area contributed by atoms with E-state index in [2.05, 4.69) is 26.9 Å². The topological polar surface area (TPSA) is 85.5 Å². The van der Waals surface area contributed by atoms with Gasteiger partial charge >= 0.3 is 17.5 Å². The van der Waals surface area contributed by atoms with Crippen molar-refractivity contribution in [3.8, 4) is 5.75 Å². The summed E-state index contributed by atoms with van der Waals surface area (Å²) in [6.07, 6.45) is -1.56. The van der Waals surface area contributed by atoms with Gasteiger partial charge in [0.1, 0.15) is 11.9 Å². The fraction of sp³-hybridized carbons (Fsp3) is 0.526. The van der Waals surface area contributed by atoms with E-state index >= 15 is 0 Å². The predicted molar refractivity (Wildman–Crippen MR) is 109 cm³/mol. The minimum absolute atomic E-state index is 0.105. The first-order valence-corrected chi connectivity index (χ1v) is 10.2. The number of anilines is 1. The van der Waals surface area contributed by atoms with Gasteiger partial charge in [0.15, 0.2) is 0 Å². The molecule has 3 rings (SSSR count). The molecule has 2 aromatic rings. The molecule has 1 aromatic heterocycles. The van der Waals surface area contributed by atoms with Gasteiger partial charge in [0.05, 0.1) is 0 Å². The number of halogens is 4. The predicted octanol–water partition coefficient (Wildman–Crippen LogP) is 4.56. The van der Waals surface area contributed by atoms with Gasteiger partial charge < -0.3 is 25.1 Å². The third-order valence-corrected chi connectivity index (χ3v) is 5.33. The van der Waals surface area contributed by atoms with E-state index in [0.29, 0.717) is 6.54 Å². The van der Waals surface area contributed by atoms with Crippen LogP contribution in [0.1, 0.15) is 19.8 Å². The second kappa shape index (κ2) is 9.73. The standard InChI is InChI=1S/C19H23ClF3N5O3/c1-13(11-27-12-17(28(29)30)25-18(27)20)10-26-8-6-15(7-9-26)24-14-2-4-16(5-3-14)31-19(21,22)23/h2-5,12-13,15,24H,6-11H2,1H3/t13-/m0/s1. The Morgan fingerprint density at radius 1 is 1.29 bits per heavy atom. The van der Waals surface area contributed by atoms with Crippen LogP contribution >= 0.6 is 11.6 Å². The van der Waals surface area contributed by atoms with E-state index in [4.69, 9.17) is 11.6 Å². The summed E-state index contributed by atoms with van der Waals surface area (Å²) in [7, 11) is 0. The first-order chi connectivity index (χ1) is 14.6. The van der Waals surface area contributed by atoms with E-state index in [-0.39, 0.29) is 28.8 Å². The number of hydrogen-bond donors (Lipinski definition) is 1. The molecule has 0 radical (unpaired) electrons. The number of nitro groups is 1. The van der Waals surface area contributed by atoms with Gasteiger partial charge in [0, 0.05) is 37.9 Å². The fourth-order valence-corrected chi connectivity index (χ4v) is 3.88. The van der Waals surface area contributed by atoms with Crippen molar-refractivity contribution in [3.63, 3.8) is 0 Å². The molecule has 0 unspecified atom stereocenters. The average molecular weight is 462 g/mol. The molecule has 0 bridgehead atoms. The Bertz CT molecular complexity index is 883. The maximum Gasteiger partial charge on any atom is 0.573 e. The molecule has 1 aromatic carbocycles. The van der Waals surface area contributed by atoms with Crippen LogP contribution in [0, 0.1) is 16.0 Å². The number of ether oxygens (including phenoxy) is 1. The summed E-state index contributed by atoms with van der Waals surface area (Å²) in [5.41, 5.74) is 0.748. The molecule has 12 heteroatoms. The zero-order chi connectivity index (χ0) is 22.6. The van der Waals surface area contributed by atoms with Gasteiger partial charge in [-0.05, 0) is 64.5 Å². The van der Waals surface area contributed by atoms with Gasteiger partial charge in [-0.3, -0.25) is 4.57 Å². The highest BCUT2D eigenvalue weighted by molar-refractivity contribution is 6.28. The van der Waals surface area contributed by atoms with Crippen LogP contribution in [-0.4, -0.2) is 51.4 Å². The maximum atomic E-state index is 12.2. The Labute approximate surface area is 182 Å². The van der Waals surface area contributed by atoms with Crippen molar-refractivity contribution >= 4 is 23.1 Å². The van der Waals surface area contributed by atoms with Crippen molar-refractivity contribution in [2.45, 2.75) is 38.7 Å². The summed E-state index contributed by atoms with van der Waals surface area (Å²) in [5.74, 6) is -0.288. The lowest BCUT2D eigenvalue weighted by Gasteiger charge is -2.34. The maximum absolute atomic E-state index is 12.2. The molecular formula is C19H23ClF3N5O3. The van der Waals surface area contributed by atoms with Crippen molar-refractivity contribution in [2.24, 2.45) is 5.92 Å². The molecule has 0 aliphatic carbocycles. The lowest BCUT2D eigenvalue weighted by molar-refractivity contribution is -0.389. The Morgan fingerprint density at radius 3 is 2.48 bits per heavy atom. The van der Waals surface area contributed by atoms with Crippen molar-refractivity contribution in [3.05, 3.63) is 45.9 Å². The van der Waals surface area contributed by atoms with Gasteiger partial charge in [0.25, 0.3) is 0 Å². The van der Waals surface area contributed by atoms with E-state index in [9.17, 15) is 23.3 Å². The van der Waals surface area contributed by atoms with Gasteiger partial charge in [-0.25, -0.2) is 0 Å². The normalized spacial score (nSPS) is 16.8. The summed E-state index contributed by atoms with van der Waals surface area (Å²) in [5, 5.41) is 14.3. The van der Waals surface area contributed by atoms with Crippen LogP contribution in [0.4, 0.5) is 24.7 Å². The van der Waals surface area contributed by atoms with Gasteiger partial charge in [-0.1, -0.05) is 6.92 Å². The first kappa shape index (κ1) is 23.1. The van der Waals surface area contributed by atoms with E-state index in [0.717, 1.165) is 38.2 Å². The van der Waals surface area contributed by atoms with Gasteiger partial charge in [-0.2, -0.15) is 0 Å². The molecular weight excluding hydrogens is 439 g/mol. The molecule has 1 N–H and O–H groups in total. The lowest BCUT2D eigenvalue weighted by atomic mass is 10.0. The highest BCUT2D eigenvalue weighted by Crippen LogP contribution is 2.25. The van der Waals surface area contributed by atoms with Crippen molar-refractivity contribution < 1.29 is 22.8 Å². The van der Waals surface area contributed by atoms with Crippen LogP contribution < -0.4 is 10.1 Å². The molecule has 8 nitrogen and oxygen atoms in total. The Morgan fingerprint density at radius 2 is 1.94 bits per heavy atom. The molecule has 0 amide bonds. The zero-order valence-electron chi connectivity index (χ0n) is 16.8.